The summed E-state index contributed by atoms with van der Waals surface area (Å²) in [5.74, 6) is -0.335. The molecule has 0 saturated heterocycles. The molecular formula is C17H24N4O3. The highest BCUT2D eigenvalue weighted by atomic mass is 16.5. The molecule has 24 heavy (non-hydrogen) atoms. The molecule has 0 bridgehead atoms. The van der Waals surface area contributed by atoms with Crippen molar-refractivity contribution in [3.63, 3.8) is 0 Å². The lowest BCUT2D eigenvalue weighted by Gasteiger charge is -2.14. The second-order valence-electron chi connectivity index (χ2n) is 5.70. The number of ether oxygens (including phenoxy) is 1. The van der Waals surface area contributed by atoms with Gasteiger partial charge in [0.05, 0.1) is 6.33 Å². The van der Waals surface area contributed by atoms with Crippen LogP contribution in [0.3, 0.4) is 0 Å². The molecule has 1 N–H and O–H groups in total. The van der Waals surface area contributed by atoms with Crippen LogP contribution in [0.15, 0.2) is 29.6 Å². The summed E-state index contributed by atoms with van der Waals surface area (Å²) in [6.07, 6.45) is 5.92. The Morgan fingerprint density at radius 2 is 2.12 bits per heavy atom. The van der Waals surface area contributed by atoms with Gasteiger partial charge in [-0.3, -0.25) is 9.59 Å². The Labute approximate surface area is 141 Å². The number of hydrogen-bond acceptors (Lipinski definition) is 4. The van der Waals surface area contributed by atoms with E-state index in [0.29, 0.717) is 31.8 Å². The summed E-state index contributed by atoms with van der Waals surface area (Å²) in [6.45, 7) is 5.82. The van der Waals surface area contributed by atoms with Crippen LogP contribution in [0.2, 0.25) is 0 Å². The smallest absolute Gasteiger partial charge is 0.263 e. The average molecular weight is 332 g/mol. The number of imidazole rings is 1. The fourth-order valence-electron chi connectivity index (χ4n) is 2.65. The molecule has 0 aromatic carbocycles. The molecule has 0 radical (unpaired) electrons. The lowest BCUT2D eigenvalue weighted by molar-refractivity contribution is 0.0949. The topological polar surface area (TPSA) is 78.2 Å². The van der Waals surface area contributed by atoms with E-state index in [4.69, 9.17) is 4.74 Å². The van der Waals surface area contributed by atoms with Gasteiger partial charge in [0.1, 0.15) is 5.56 Å². The van der Waals surface area contributed by atoms with E-state index < -0.39 is 0 Å². The van der Waals surface area contributed by atoms with E-state index in [1.54, 1.807) is 31.1 Å². The van der Waals surface area contributed by atoms with Gasteiger partial charge in [-0.2, -0.15) is 0 Å². The van der Waals surface area contributed by atoms with Crippen molar-refractivity contribution in [1.29, 1.82) is 0 Å². The molecule has 0 saturated carbocycles. The number of aryl methyl sites for hydroxylation is 2. The largest absolute Gasteiger partial charge is 0.385 e. The summed E-state index contributed by atoms with van der Waals surface area (Å²) < 4.78 is 8.53. The minimum Gasteiger partial charge on any atom is -0.385 e. The summed E-state index contributed by atoms with van der Waals surface area (Å²) in [6, 6.07) is 1.87. The lowest BCUT2D eigenvalue weighted by Crippen LogP contribution is -2.36. The molecule has 7 nitrogen and oxygen atoms in total. The van der Waals surface area contributed by atoms with Gasteiger partial charge in [-0.05, 0) is 31.9 Å². The molecule has 1 amide bonds. The van der Waals surface area contributed by atoms with Gasteiger partial charge in [0.2, 0.25) is 0 Å². The summed E-state index contributed by atoms with van der Waals surface area (Å²) in [4.78, 5) is 29.1. The van der Waals surface area contributed by atoms with E-state index in [1.807, 2.05) is 23.8 Å². The van der Waals surface area contributed by atoms with Crippen LogP contribution in [0.25, 0.3) is 0 Å². The summed E-state index contributed by atoms with van der Waals surface area (Å²) in [5, 5.41) is 2.81. The number of carbonyl (C=O) groups is 1. The average Bonchev–Trinajstić information content (AvgIpc) is 3.03. The Balaban J connectivity index is 2.11. The van der Waals surface area contributed by atoms with Gasteiger partial charge >= 0.3 is 0 Å². The van der Waals surface area contributed by atoms with Crippen molar-refractivity contribution < 1.29 is 9.53 Å². The zero-order chi connectivity index (χ0) is 17.5. The minimum absolute atomic E-state index is 0.212. The quantitative estimate of drug-likeness (QED) is 0.735. The molecule has 2 heterocycles. The molecule has 0 aliphatic carbocycles. The van der Waals surface area contributed by atoms with Crippen LogP contribution in [-0.2, 0) is 17.8 Å². The first-order valence-corrected chi connectivity index (χ1v) is 7.98. The van der Waals surface area contributed by atoms with Crippen molar-refractivity contribution >= 4 is 5.91 Å². The second-order valence-corrected chi connectivity index (χ2v) is 5.70. The van der Waals surface area contributed by atoms with Crippen LogP contribution in [0.1, 0.15) is 28.0 Å². The molecule has 2 rings (SSSR count). The SMILES string of the molecule is COCCCn1c(C)cc(C)c(C(=O)NCCn2ccnc2)c1=O. The van der Waals surface area contributed by atoms with Crippen LogP contribution in [-0.4, -0.2) is 40.3 Å². The van der Waals surface area contributed by atoms with E-state index in [1.165, 1.54) is 0 Å². The first-order chi connectivity index (χ1) is 11.5. The van der Waals surface area contributed by atoms with Gasteiger partial charge in [-0.1, -0.05) is 0 Å². The Kier molecular flexibility index (Phi) is 6.31. The highest BCUT2D eigenvalue weighted by Gasteiger charge is 2.17. The number of nitrogens with one attached hydrogen (secondary N) is 1. The maximum atomic E-state index is 12.7. The highest BCUT2D eigenvalue weighted by molar-refractivity contribution is 5.95. The molecule has 7 heteroatoms. The fraction of sp³-hybridized carbons (Fsp3) is 0.471. The van der Waals surface area contributed by atoms with E-state index >= 15 is 0 Å². The molecule has 0 aliphatic heterocycles. The zero-order valence-corrected chi connectivity index (χ0v) is 14.4. The van der Waals surface area contributed by atoms with Crippen molar-refractivity contribution in [2.45, 2.75) is 33.4 Å². The fourth-order valence-corrected chi connectivity index (χ4v) is 2.65. The summed E-state index contributed by atoms with van der Waals surface area (Å²) in [7, 11) is 1.63. The number of rotatable bonds is 8. The Hall–Kier alpha value is -2.41. The maximum Gasteiger partial charge on any atom is 0.263 e. The van der Waals surface area contributed by atoms with Crippen molar-refractivity contribution in [1.82, 2.24) is 19.4 Å². The van der Waals surface area contributed by atoms with Crippen LogP contribution in [0, 0.1) is 13.8 Å². The number of nitrogens with zero attached hydrogens (tertiary/aromatic N) is 3. The van der Waals surface area contributed by atoms with Crippen LogP contribution >= 0.6 is 0 Å². The molecular weight excluding hydrogens is 308 g/mol. The summed E-state index contributed by atoms with van der Waals surface area (Å²) in [5.41, 5.74) is 1.51. The van der Waals surface area contributed by atoms with Crippen LogP contribution in [0.4, 0.5) is 0 Å². The van der Waals surface area contributed by atoms with Crippen molar-refractivity contribution in [2.75, 3.05) is 20.3 Å². The van der Waals surface area contributed by atoms with E-state index in [2.05, 4.69) is 10.3 Å². The number of carbonyl (C=O) groups excluding carboxylic acids is 1. The second kappa shape index (κ2) is 8.44. The minimum atomic E-state index is -0.335. The number of hydrogen-bond donors (Lipinski definition) is 1. The Bertz CT molecular complexity index is 735. The third-order valence-electron chi connectivity index (χ3n) is 3.88. The Morgan fingerprint density at radius 3 is 2.79 bits per heavy atom. The van der Waals surface area contributed by atoms with Crippen molar-refractivity contribution in [3.8, 4) is 0 Å². The molecule has 0 aliphatic rings. The zero-order valence-electron chi connectivity index (χ0n) is 14.4. The number of pyridine rings is 1. The standard InChI is InChI=1S/C17H24N4O3/c1-13-11-14(2)21(7-4-10-24-3)17(23)15(13)16(22)19-6-9-20-8-5-18-12-20/h5,8,11-12H,4,6-7,9-10H2,1-3H3,(H,19,22). The van der Waals surface area contributed by atoms with Crippen LogP contribution in [0.5, 0.6) is 0 Å². The van der Waals surface area contributed by atoms with Gasteiger partial charge in [0, 0.05) is 51.4 Å². The third-order valence-corrected chi connectivity index (χ3v) is 3.88. The molecule has 2 aromatic rings. The van der Waals surface area contributed by atoms with E-state index in [9.17, 15) is 9.59 Å². The van der Waals surface area contributed by atoms with Gasteiger partial charge in [-0.15, -0.1) is 0 Å². The number of amides is 1. The van der Waals surface area contributed by atoms with Gasteiger partial charge in [0.25, 0.3) is 11.5 Å². The van der Waals surface area contributed by atoms with E-state index in [0.717, 1.165) is 12.1 Å². The highest BCUT2D eigenvalue weighted by Crippen LogP contribution is 2.07. The molecule has 2 aromatic heterocycles. The molecule has 0 fully saturated rings. The van der Waals surface area contributed by atoms with Crippen molar-refractivity contribution in [3.05, 3.63) is 52.0 Å². The summed E-state index contributed by atoms with van der Waals surface area (Å²) >= 11 is 0. The number of methoxy groups -OCH3 is 1. The molecule has 0 unspecified atom stereocenters. The van der Waals surface area contributed by atoms with Gasteiger partial charge in [0.15, 0.2) is 0 Å². The predicted octanol–water partition coefficient (Wildman–Crippen LogP) is 1.13. The predicted molar refractivity (Wildman–Crippen MR) is 91.2 cm³/mol. The Morgan fingerprint density at radius 1 is 1.33 bits per heavy atom. The normalized spacial score (nSPS) is 10.8. The molecule has 0 atom stereocenters. The third kappa shape index (κ3) is 4.32. The number of aromatic nitrogens is 3. The van der Waals surface area contributed by atoms with Gasteiger partial charge in [-0.25, -0.2) is 4.98 Å². The van der Waals surface area contributed by atoms with E-state index in [-0.39, 0.29) is 17.0 Å². The first kappa shape index (κ1) is 17.9. The van der Waals surface area contributed by atoms with Crippen LogP contribution < -0.4 is 10.9 Å². The van der Waals surface area contributed by atoms with Crippen molar-refractivity contribution in [2.24, 2.45) is 0 Å². The first-order valence-electron chi connectivity index (χ1n) is 7.98. The molecule has 0 spiro atoms. The lowest BCUT2D eigenvalue weighted by atomic mass is 10.1. The maximum absolute atomic E-state index is 12.7. The monoisotopic (exact) mass is 332 g/mol. The van der Waals surface area contributed by atoms with Gasteiger partial charge < -0.3 is 19.2 Å². The molecule has 130 valence electrons.